The van der Waals surface area contributed by atoms with Crippen LogP contribution >= 0.6 is 0 Å². The first-order chi connectivity index (χ1) is 16.1. The highest BCUT2D eigenvalue weighted by Gasteiger charge is 2.32. The molecule has 3 N–H and O–H groups in total. The largest absolute Gasteiger partial charge is 0.416 e. The third-order valence-corrected chi connectivity index (χ3v) is 7.35. The van der Waals surface area contributed by atoms with E-state index in [9.17, 15) is 26.4 Å². The van der Waals surface area contributed by atoms with E-state index >= 15 is 0 Å². The van der Waals surface area contributed by atoms with Gasteiger partial charge in [0.2, 0.25) is 15.9 Å². The Morgan fingerprint density at radius 1 is 1.11 bits per heavy atom. The first kappa shape index (κ1) is 27.2. The van der Waals surface area contributed by atoms with Crippen LogP contribution in [0.5, 0.6) is 0 Å². The number of hydrogen-bond acceptors (Lipinski definition) is 4. The maximum absolute atomic E-state index is 12.9. The zero-order valence-corrected chi connectivity index (χ0v) is 21.1. The van der Waals surface area contributed by atoms with Gasteiger partial charge in [-0.2, -0.15) is 13.2 Å². The molecule has 1 aliphatic carbocycles. The molecule has 0 saturated carbocycles. The first-order valence-electron chi connectivity index (χ1n) is 11.5. The summed E-state index contributed by atoms with van der Waals surface area (Å²) in [5.74, 6) is -0.333. The van der Waals surface area contributed by atoms with Crippen LogP contribution in [-0.4, -0.2) is 25.9 Å². The van der Waals surface area contributed by atoms with Gasteiger partial charge < -0.3 is 10.6 Å². The van der Waals surface area contributed by atoms with E-state index in [0.29, 0.717) is 6.07 Å². The van der Waals surface area contributed by atoms with Crippen LogP contribution < -0.4 is 15.4 Å². The van der Waals surface area contributed by atoms with Gasteiger partial charge in [0.1, 0.15) is 0 Å². The Bertz CT molecular complexity index is 1170. The van der Waals surface area contributed by atoms with Crippen molar-refractivity contribution >= 4 is 15.9 Å². The zero-order chi connectivity index (χ0) is 26.0. The molecule has 2 aromatic carbocycles. The summed E-state index contributed by atoms with van der Waals surface area (Å²) < 4.78 is 66.2. The van der Waals surface area contributed by atoms with E-state index in [1.54, 1.807) is 0 Å². The molecule has 0 bridgehead atoms. The lowest BCUT2D eigenvalue weighted by Crippen LogP contribution is -2.38. The van der Waals surface area contributed by atoms with Gasteiger partial charge in [-0.3, -0.25) is 4.79 Å². The molecule has 2 atom stereocenters. The molecule has 1 aliphatic rings. The number of amides is 1. The number of hydrogen-bond donors (Lipinski definition) is 3. The predicted octanol–water partition coefficient (Wildman–Crippen LogP) is 4.45. The number of benzene rings is 2. The van der Waals surface area contributed by atoms with E-state index in [2.05, 4.69) is 42.2 Å². The second-order valence-electron chi connectivity index (χ2n) is 10.0. The number of rotatable bonds is 8. The average Bonchev–Trinajstić information content (AvgIpc) is 3.12. The van der Waals surface area contributed by atoms with Crippen LogP contribution in [-0.2, 0) is 34.0 Å². The van der Waals surface area contributed by atoms with Gasteiger partial charge in [0.05, 0.1) is 16.5 Å². The van der Waals surface area contributed by atoms with Crippen molar-refractivity contribution in [2.75, 3.05) is 0 Å². The Balaban J connectivity index is 1.58. The minimum atomic E-state index is -4.65. The van der Waals surface area contributed by atoms with Crippen LogP contribution in [0.3, 0.4) is 0 Å². The third-order valence-electron chi connectivity index (χ3n) is 5.76. The van der Waals surface area contributed by atoms with E-state index in [1.807, 2.05) is 12.1 Å². The van der Waals surface area contributed by atoms with Crippen molar-refractivity contribution in [3.63, 3.8) is 0 Å². The van der Waals surface area contributed by atoms with Gasteiger partial charge in [-0.1, -0.05) is 24.3 Å². The third kappa shape index (κ3) is 7.52. The molecule has 0 heterocycles. The van der Waals surface area contributed by atoms with E-state index in [-0.39, 0.29) is 23.9 Å². The van der Waals surface area contributed by atoms with E-state index in [0.717, 1.165) is 43.1 Å². The fourth-order valence-electron chi connectivity index (χ4n) is 4.04. The number of sulfonamides is 1. The average molecular weight is 512 g/mol. The molecule has 0 unspecified atom stereocenters. The Hall–Kier alpha value is -2.43. The van der Waals surface area contributed by atoms with E-state index in [4.69, 9.17) is 0 Å². The molecule has 0 saturated heterocycles. The quantitative estimate of drug-likeness (QED) is 0.489. The van der Waals surface area contributed by atoms with Crippen LogP contribution in [0.15, 0.2) is 47.4 Å². The van der Waals surface area contributed by atoms with Crippen molar-refractivity contribution in [3.8, 4) is 0 Å². The highest BCUT2D eigenvalue weighted by atomic mass is 32.2. The molecule has 6 nitrogen and oxygen atoms in total. The molecule has 2 aromatic rings. The summed E-state index contributed by atoms with van der Waals surface area (Å²) >= 11 is 0. The molecule has 3 rings (SSSR count). The number of alkyl halides is 3. The van der Waals surface area contributed by atoms with Crippen molar-refractivity contribution in [1.82, 2.24) is 15.4 Å². The highest BCUT2D eigenvalue weighted by Crippen LogP contribution is 2.32. The van der Waals surface area contributed by atoms with Gasteiger partial charge in [0.25, 0.3) is 0 Å². The lowest BCUT2D eigenvalue weighted by molar-refractivity contribution is -0.137. The van der Waals surface area contributed by atoms with Crippen LogP contribution in [0.2, 0.25) is 0 Å². The smallest absolute Gasteiger partial charge is 0.349 e. The summed E-state index contributed by atoms with van der Waals surface area (Å²) in [6.45, 7) is 8.56. The fraction of sp³-hybridized carbons (Fsp3) is 0.480. The Morgan fingerprint density at radius 2 is 1.83 bits per heavy atom. The maximum Gasteiger partial charge on any atom is 0.416 e. The Morgan fingerprint density at radius 3 is 2.49 bits per heavy atom. The van der Waals surface area contributed by atoms with Gasteiger partial charge in [-0.25, -0.2) is 13.1 Å². The standard InChI is InChI=1S/C25H32F3N3O3S/c1-16(31-35(33,34)20-7-5-6-19(14-20)25(26,27)28)12-23(32)30-22-11-9-18-13-17(8-10-21(18)22)15-29-24(2,3)4/h5-8,10,13-14,16,22,29,31H,9,11-12,15H2,1-4H3,(H,30,32)/t16-,22+/m0/s1. The minimum absolute atomic E-state index is 0.00879. The lowest BCUT2D eigenvalue weighted by atomic mass is 10.0. The number of carbonyl (C=O) groups excluding carboxylic acids is 1. The molecule has 192 valence electrons. The molecule has 35 heavy (non-hydrogen) atoms. The first-order valence-corrected chi connectivity index (χ1v) is 13.0. The molecule has 10 heteroatoms. The van der Waals surface area contributed by atoms with Crippen molar-refractivity contribution in [1.29, 1.82) is 0 Å². The molecular weight excluding hydrogens is 479 g/mol. The number of nitrogens with one attached hydrogen (secondary N) is 3. The normalized spacial score (nSPS) is 17.2. The van der Waals surface area contributed by atoms with Gasteiger partial charge in [-0.15, -0.1) is 0 Å². The molecule has 1 amide bonds. The van der Waals surface area contributed by atoms with Gasteiger partial charge in [0, 0.05) is 24.5 Å². The molecule has 0 fully saturated rings. The maximum atomic E-state index is 12.9. The van der Waals surface area contributed by atoms with Gasteiger partial charge in [0.15, 0.2) is 0 Å². The molecule has 0 spiro atoms. The SMILES string of the molecule is C[C@@H](CC(=O)N[C@@H]1CCc2cc(CNC(C)(C)C)ccc21)NS(=O)(=O)c1cccc(C(F)(F)F)c1. The fourth-order valence-corrected chi connectivity index (χ4v) is 5.33. The van der Waals surface area contributed by atoms with Crippen LogP contribution in [0, 0.1) is 0 Å². The second kappa shape index (κ2) is 10.3. The van der Waals surface area contributed by atoms with Gasteiger partial charge in [-0.05, 0) is 75.4 Å². The molecule has 0 aromatic heterocycles. The monoisotopic (exact) mass is 511 g/mol. The number of halogens is 3. The van der Waals surface area contributed by atoms with Crippen molar-refractivity contribution < 1.29 is 26.4 Å². The summed E-state index contributed by atoms with van der Waals surface area (Å²) in [6, 6.07) is 8.75. The number of aryl methyl sites for hydroxylation is 1. The minimum Gasteiger partial charge on any atom is -0.349 e. The summed E-state index contributed by atoms with van der Waals surface area (Å²) in [7, 11) is -4.22. The topological polar surface area (TPSA) is 87.3 Å². The molecule has 0 radical (unpaired) electrons. The van der Waals surface area contributed by atoms with Gasteiger partial charge >= 0.3 is 6.18 Å². The van der Waals surface area contributed by atoms with Crippen LogP contribution in [0.25, 0.3) is 0 Å². The zero-order valence-electron chi connectivity index (χ0n) is 20.3. The van der Waals surface area contributed by atoms with E-state index < -0.39 is 32.7 Å². The summed E-state index contributed by atoms with van der Waals surface area (Å²) in [6.07, 6.45) is -3.21. The summed E-state index contributed by atoms with van der Waals surface area (Å²) in [5, 5.41) is 6.41. The van der Waals surface area contributed by atoms with Crippen molar-refractivity contribution in [2.24, 2.45) is 0 Å². The Kier molecular flexibility index (Phi) is 7.98. The second-order valence-corrected chi connectivity index (χ2v) is 11.8. The van der Waals surface area contributed by atoms with Crippen LogP contribution in [0.4, 0.5) is 13.2 Å². The van der Waals surface area contributed by atoms with Crippen LogP contribution in [0.1, 0.15) is 68.8 Å². The van der Waals surface area contributed by atoms with E-state index in [1.165, 1.54) is 18.1 Å². The molecular formula is C25H32F3N3O3S. The summed E-state index contributed by atoms with van der Waals surface area (Å²) in [4.78, 5) is 12.1. The number of carbonyl (C=O) groups is 1. The number of fused-ring (bicyclic) bond motifs is 1. The molecule has 0 aliphatic heterocycles. The summed E-state index contributed by atoms with van der Waals surface area (Å²) in [5.41, 5.74) is 2.36. The lowest BCUT2D eigenvalue weighted by Gasteiger charge is -2.21. The predicted molar refractivity (Wildman–Crippen MR) is 128 cm³/mol. The van der Waals surface area contributed by atoms with Crippen molar-refractivity contribution in [3.05, 3.63) is 64.7 Å². The van der Waals surface area contributed by atoms with Crippen molar-refractivity contribution in [2.45, 2.75) is 82.2 Å². The highest BCUT2D eigenvalue weighted by molar-refractivity contribution is 7.89. The Labute approximate surface area is 204 Å².